The molecule has 0 aliphatic carbocycles. The lowest BCUT2D eigenvalue weighted by Gasteiger charge is -2.09. The number of carbonyl (C=O) groups excluding carboxylic acids is 1. The lowest BCUT2D eigenvalue weighted by atomic mass is 10.2. The van der Waals surface area contributed by atoms with Crippen LogP contribution in [0.4, 0.5) is 10.5 Å². The third-order valence-electron chi connectivity index (χ3n) is 2.46. The second-order valence-electron chi connectivity index (χ2n) is 3.74. The Kier molecular flexibility index (Phi) is 3.85. The predicted octanol–water partition coefficient (Wildman–Crippen LogP) is 4.26. The number of carbonyl (C=O) groups is 1. The molecule has 0 saturated carbocycles. The topological polar surface area (TPSA) is 38.3 Å². The van der Waals surface area contributed by atoms with E-state index >= 15 is 0 Å². The molecule has 18 heavy (non-hydrogen) atoms. The van der Waals surface area contributed by atoms with Crippen molar-refractivity contribution in [3.8, 4) is 5.75 Å². The van der Waals surface area contributed by atoms with Crippen LogP contribution in [-0.4, -0.2) is 6.09 Å². The Morgan fingerprint density at radius 2 is 1.83 bits per heavy atom. The molecule has 3 nitrogen and oxygen atoms in total. The van der Waals surface area contributed by atoms with Crippen molar-refractivity contribution >= 4 is 23.4 Å². The predicted molar refractivity (Wildman–Crippen MR) is 72.3 cm³/mol. The minimum absolute atomic E-state index is 0.495. The summed E-state index contributed by atoms with van der Waals surface area (Å²) >= 11 is 5.97. The summed E-state index contributed by atoms with van der Waals surface area (Å²) in [6.07, 6.45) is -0.536. The van der Waals surface area contributed by atoms with E-state index in [9.17, 15) is 4.79 Å². The molecule has 0 atom stereocenters. The molecule has 2 aromatic carbocycles. The summed E-state index contributed by atoms with van der Waals surface area (Å²) < 4.78 is 5.12. The van der Waals surface area contributed by atoms with E-state index in [1.165, 1.54) is 0 Å². The highest BCUT2D eigenvalue weighted by atomic mass is 35.5. The standard InChI is InChI=1S/C14H12ClNO2/c1-10-12(15)8-5-9-13(10)16-14(17)18-11-6-3-2-4-7-11/h2-9H,1H3,(H,16,17). The third-order valence-corrected chi connectivity index (χ3v) is 2.87. The fraction of sp³-hybridized carbons (Fsp3) is 0.0714. The lowest BCUT2D eigenvalue weighted by molar-refractivity contribution is 0.215. The Morgan fingerprint density at radius 1 is 1.11 bits per heavy atom. The molecule has 0 unspecified atom stereocenters. The maximum atomic E-state index is 11.7. The van der Waals surface area contributed by atoms with Gasteiger partial charge in [0.1, 0.15) is 5.75 Å². The maximum absolute atomic E-state index is 11.7. The molecule has 0 saturated heterocycles. The summed E-state index contributed by atoms with van der Waals surface area (Å²) in [5.41, 5.74) is 1.45. The van der Waals surface area contributed by atoms with E-state index in [4.69, 9.17) is 16.3 Å². The van der Waals surface area contributed by atoms with Crippen LogP contribution in [0.15, 0.2) is 48.5 Å². The van der Waals surface area contributed by atoms with Crippen LogP contribution >= 0.6 is 11.6 Å². The van der Waals surface area contributed by atoms with Gasteiger partial charge in [-0.05, 0) is 36.8 Å². The van der Waals surface area contributed by atoms with Gasteiger partial charge >= 0.3 is 6.09 Å². The largest absolute Gasteiger partial charge is 0.417 e. The zero-order chi connectivity index (χ0) is 13.0. The number of anilines is 1. The van der Waals surface area contributed by atoms with Gasteiger partial charge in [-0.1, -0.05) is 35.9 Å². The first-order chi connectivity index (χ1) is 8.66. The van der Waals surface area contributed by atoms with E-state index in [1.807, 2.05) is 13.0 Å². The number of para-hydroxylation sites is 1. The molecule has 0 heterocycles. The van der Waals surface area contributed by atoms with Crippen molar-refractivity contribution in [2.45, 2.75) is 6.92 Å². The van der Waals surface area contributed by atoms with Crippen molar-refractivity contribution in [1.29, 1.82) is 0 Å². The molecule has 0 aliphatic rings. The van der Waals surface area contributed by atoms with Gasteiger partial charge in [0.2, 0.25) is 0 Å². The highest BCUT2D eigenvalue weighted by molar-refractivity contribution is 6.31. The van der Waals surface area contributed by atoms with E-state index in [2.05, 4.69) is 5.32 Å². The summed E-state index contributed by atoms with van der Waals surface area (Å²) in [5.74, 6) is 0.495. The molecule has 0 aliphatic heterocycles. The zero-order valence-corrected chi connectivity index (χ0v) is 10.6. The first kappa shape index (κ1) is 12.5. The van der Waals surface area contributed by atoms with Crippen LogP contribution in [0.2, 0.25) is 5.02 Å². The minimum Gasteiger partial charge on any atom is -0.410 e. The molecule has 0 radical (unpaired) electrons. The Bertz CT molecular complexity index is 555. The Morgan fingerprint density at radius 3 is 2.56 bits per heavy atom. The van der Waals surface area contributed by atoms with E-state index < -0.39 is 6.09 Å². The van der Waals surface area contributed by atoms with Crippen molar-refractivity contribution in [2.24, 2.45) is 0 Å². The molecule has 2 aromatic rings. The van der Waals surface area contributed by atoms with Gasteiger partial charge in [-0.15, -0.1) is 0 Å². The van der Waals surface area contributed by atoms with E-state index in [-0.39, 0.29) is 0 Å². The highest BCUT2D eigenvalue weighted by Gasteiger charge is 2.08. The molecular formula is C14H12ClNO2. The van der Waals surface area contributed by atoms with Crippen LogP contribution < -0.4 is 10.1 Å². The van der Waals surface area contributed by atoms with Gasteiger partial charge in [0.25, 0.3) is 0 Å². The second-order valence-corrected chi connectivity index (χ2v) is 4.15. The van der Waals surface area contributed by atoms with E-state index in [1.54, 1.807) is 42.5 Å². The van der Waals surface area contributed by atoms with Gasteiger partial charge in [0.15, 0.2) is 0 Å². The minimum atomic E-state index is -0.536. The average Bonchev–Trinajstić information content (AvgIpc) is 2.36. The number of nitrogens with one attached hydrogen (secondary N) is 1. The van der Waals surface area contributed by atoms with Gasteiger partial charge in [0, 0.05) is 10.7 Å². The van der Waals surface area contributed by atoms with Gasteiger partial charge in [-0.3, -0.25) is 5.32 Å². The molecule has 92 valence electrons. The lowest BCUT2D eigenvalue weighted by Crippen LogP contribution is -2.17. The molecule has 4 heteroatoms. The van der Waals surface area contributed by atoms with Gasteiger partial charge in [0.05, 0.1) is 0 Å². The monoisotopic (exact) mass is 261 g/mol. The molecule has 1 amide bonds. The average molecular weight is 262 g/mol. The first-order valence-corrected chi connectivity index (χ1v) is 5.83. The van der Waals surface area contributed by atoms with E-state index in [0.717, 1.165) is 5.56 Å². The molecule has 0 aromatic heterocycles. The molecule has 0 fully saturated rings. The van der Waals surface area contributed by atoms with Crippen LogP contribution in [0.5, 0.6) is 5.75 Å². The number of rotatable bonds is 2. The van der Waals surface area contributed by atoms with Crippen molar-refractivity contribution in [2.75, 3.05) is 5.32 Å². The molecular weight excluding hydrogens is 250 g/mol. The summed E-state index contributed by atoms with van der Waals surface area (Å²) in [4.78, 5) is 11.7. The number of hydrogen-bond acceptors (Lipinski definition) is 2. The summed E-state index contributed by atoms with van der Waals surface area (Å²) in [6, 6.07) is 14.2. The fourth-order valence-electron chi connectivity index (χ4n) is 1.47. The summed E-state index contributed by atoms with van der Waals surface area (Å²) in [6.45, 7) is 1.83. The first-order valence-electron chi connectivity index (χ1n) is 5.46. The normalized spacial score (nSPS) is 9.89. The number of amides is 1. The quantitative estimate of drug-likeness (QED) is 0.877. The van der Waals surface area contributed by atoms with Gasteiger partial charge < -0.3 is 4.74 Å². The van der Waals surface area contributed by atoms with E-state index in [0.29, 0.717) is 16.5 Å². The smallest absolute Gasteiger partial charge is 0.410 e. The van der Waals surface area contributed by atoms with Crippen LogP contribution in [0.3, 0.4) is 0 Å². The Labute approximate surface area is 110 Å². The number of ether oxygens (including phenoxy) is 1. The number of halogens is 1. The van der Waals surface area contributed by atoms with Crippen LogP contribution in [0.1, 0.15) is 5.56 Å². The molecule has 0 spiro atoms. The third kappa shape index (κ3) is 3.02. The molecule has 0 bridgehead atoms. The van der Waals surface area contributed by atoms with Crippen LogP contribution in [0.25, 0.3) is 0 Å². The number of hydrogen-bond donors (Lipinski definition) is 1. The van der Waals surface area contributed by atoms with Crippen molar-refractivity contribution < 1.29 is 9.53 Å². The maximum Gasteiger partial charge on any atom is 0.417 e. The SMILES string of the molecule is Cc1c(Cl)cccc1NC(=O)Oc1ccccc1. The zero-order valence-electron chi connectivity index (χ0n) is 9.81. The van der Waals surface area contributed by atoms with Crippen molar-refractivity contribution in [1.82, 2.24) is 0 Å². The fourth-order valence-corrected chi connectivity index (χ4v) is 1.65. The molecule has 2 rings (SSSR count). The number of benzene rings is 2. The van der Waals surface area contributed by atoms with Crippen LogP contribution in [-0.2, 0) is 0 Å². The Hall–Kier alpha value is -2.00. The van der Waals surface area contributed by atoms with Crippen molar-refractivity contribution in [3.05, 3.63) is 59.1 Å². The second kappa shape index (κ2) is 5.56. The molecule has 1 N–H and O–H groups in total. The summed E-state index contributed by atoms with van der Waals surface area (Å²) in [7, 11) is 0. The van der Waals surface area contributed by atoms with Gasteiger partial charge in [-0.25, -0.2) is 4.79 Å². The van der Waals surface area contributed by atoms with Gasteiger partial charge in [-0.2, -0.15) is 0 Å². The van der Waals surface area contributed by atoms with Crippen molar-refractivity contribution in [3.63, 3.8) is 0 Å². The van der Waals surface area contributed by atoms with Crippen LogP contribution in [0, 0.1) is 6.92 Å². The summed E-state index contributed by atoms with van der Waals surface area (Å²) in [5, 5.41) is 3.26. The Balaban J connectivity index is 2.06. The highest BCUT2D eigenvalue weighted by Crippen LogP contribution is 2.23.